The van der Waals surface area contributed by atoms with Crippen LogP contribution in [0.2, 0.25) is 0 Å². The van der Waals surface area contributed by atoms with Gasteiger partial charge in [0.25, 0.3) is 0 Å². The Morgan fingerprint density at radius 3 is 2.90 bits per heavy atom. The number of aromatic nitrogens is 1. The Morgan fingerprint density at radius 2 is 2.30 bits per heavy atom. The maximum atomic E-state index is 12.3. The van der Waals surface area contributed by atoms with E-state index < -0.39 is 5.97 Å². The molecule has 0 aliphatic carbocycles. The van der Waals surface area contributed by atoms with Crippen molar-refractivity contribution in [3.63, 3.8) is 0 Å². The molecule has 1 aliphatic heterocycles. The molecule has 1 saturated heterocycles. The fourth-order valence-corrected chi connectivity index (χ4v) is 3.29. The molecule has 1 unspecified atom stereocenters. The first-order valence-corrected chi connectivity index (χ1v) is 7.45. The highest BCUT2D eigenvalue weighted by Gasteiger charge is 2.26. The molecule has 1 fully saturated rings. The number of piperidine rings is 1. The van der Waals surface area contributed by atoms with E-state index in [1.807, 2.05) is 0 Å². The summed E-state index contributed by atoms with van der Waals surface area (Å²) in [5, 5.41) is 12.9. The van der Waals surface area contributed by atoms with Crippen LogP contribution in [0.1, 0.15) is 35.3 Å². The van der Waals surface area contributed by atoms with Gasteiger partial charge in [-0.15, -0.1) is 0 Å². The third kappa shape index (κ3) is 3.16. The van der Waals surface area contributed by atoms with Crippen molar-refractivity contribution in [2.75, 3.05) is 25.0 Å². The summed E-state index contributed by atoms with van der Waals surface area (Å²) in [6, 6.07) is 0. The van der Waals surface area contributed by atoms with Crippen molar-refractivity contribution in [2.45, 2.75) is 26.2 Å². The summed E-state index contributed by atoms with van der Waals surface area (Å²) in [6.07, 6.45) is 2.57. The predicted molar refractivity (Wildman–Crippen MR) is 77.4 cm³/mol. The van der Waals surface area contributed by atoms with Crippen molar-refractivity contribution >= 4 is 28.4 Å². The second-order valence-electron chi connectivity index (χ2n) is 5.12. The number of carbonyl (C=O) groups is 2. The number of rotatable bonds is 4. The summed E-state index contributed by atoms with van der Waals surface area (Å²) < 4.78 is 4.04. The van der Waals surface area contributed by atoms with Crippen molar-refractivity contribution in [1.82, 2.24) is 9.69 Å². The quantitative estimate of drug-likeness (QED) is 0.880. The van der Waals surface area contributed by atoms with E-state index in [4.69, 9.17) is 0 Å². The van der Waals surface area contributed by atoms with E-state index in [2.05, 4.69) is 9.69 Å². The van der Waals surface area contributed by atoms with Crippen LogP contribution in [0.15, 0.2) is 0 Å². The van der Waals surface area contributed by atoms with E-state index in [9.17, 15) is 14.7 Å². The standard InChI is InChI=1S/C13H19N3O3S/c1-8-11(13(18)19)12(20-15-8)16(2)10(17)6-9-4-3-5-14-7-9/h9,14H,3-7H2,1-2H3,(H,18,19). The molecule has 0 spiro atoms. The maximum absolute atomic E-state index is 12.3. The number of nitrogens with zero attached hydrogens (tertiary/aromatic N) is 2. The number of aromatic carboxylic acids is 1. The Morgan fingerprint density at radius 1 is 1.55 bits per heavy atom. The normalized spacial score (nSPS) is 18.8. The molecule has 1 amide bonds. The van der Waals surface area contributed by atoms with Crippen LogP contribution in [0.4, 0.5) is 5.00 Å². The van der Waals surface area contributed by atoms with Gasteiger partial charge in [0.1, 0.15) is 10.6 Å². The van der Waals surface area contributed by atoms with Gasteiger partial charge in [0.15, 0.2) is 0 Å². The second kappa shape index (κ2) is 6.32. The Balaban J connectivity index is 2.08. The van der Waals surface area contributed by atoms with Gasteiger partial charge in [0, 0.05) is 13.5 Å². The van der Waals surface area contributed by atoms with Gasteiger partial charge >= 0.3 is 5.97 Å². The van der Waals surface area contributed by atoms with Gasteiger partial charge in [-0.25, -0.2) is 4.79 Å². The molecule has 1 aliphatic rings. The number of hydrogen-bond donors (Lipinski definition) is 2. The molecule has 7 heteroatoms. The fourth-order valence-electron chi connectivity index (χ4n) is 2.43. The predicted octanol–water partition coefficient (Wildman–Crippen LogP) is 1.50. The lowest BCUT2D eigenvalue weighted by Crippen LogP contribution is -2.35. The lowest BCUT2D eigenvalue weighted by Gasteiger charge is -2.24. The number of anilines is 1. The van der Waals surface area contributed by atoms with Crippen LogP contribution in [-0.4, -0.2) is 41.5 Å². The lowest BCUT2D eigenvalue weighted by atomic mass is 9.96. The van der Waals surface area contributed by atoms with E-state index in [1.54, 1.807) is 14.0 Å². The molecule has 1 atom stereocenters. The van der Waals surface area contributed by atoms with Crippen molar-refractivity contribution in [3.05, 3.63) is 11.3 Å². The first-order chi connectivity index (χ1) is 9.50. The summed E-state index contributed by atoms with van der Waals surface area (Å²) in [6.45, 7) is 3.51. The van der Waals surface area contributed by atoms with E-state index in [-0.39, 0.29) is 11.5 Å². The molecule has 2 rings (SSSR count). The highest BCUT2D eigenvalue weighted by atomic mass is 32.1. The number of amides is 1. The van der Waals surface area contributed by atoms with Crippen molar-refractivity contribution in [2.24, 2.45) is 5.92 Å². The Kier molecular flexibility index (Phi) is 4.72. The van der Waals surface area contributed by atoms with Crippen molar-refractivity contribution in [1.29, 1.82) is 0 Å². The zero-order chi connectivity index (χ0) is 14.7. The van der Waals surface area contributed by atoms with Crippen molar-refractivity contribution < 1.29 is 14.7 Å². The van der Waals surface area contributed by atoms with Crippen molar-refractivity contribution in [3.8, 4) is 0 Å². The monoisotopic (exact) mass is 297 g/mol. The first kappa shape index (κ1) is 14.9. The zero-order valence-electron chi connectivity index (χ0n) is 11.7. The molecule has 0 radical (unpaired) electrons. The van der Waals surface area contributed by atoms with Gasteiger partial charge in [-0.05, 0) is 50.3 Å². The average Bonchev–Trinajstić information content (AvgIpc) is 2.81. The molecule has 1 aromatic heterocycles. The largest absolute Gasteiger partial charge is 0.478 e. The fraction of sp³-hybridized carbons (Fsp3) is 0.615. The van der Waals surface area contributed by atoms with Gasteiger partial charge in [0.05, 0.1) is 5.69 Å². The molecular weight excluding hydrogens is 278 g/mol. The average molecular weight is 297 g/mol. The molecule has 0 aromatic carbocycles. The van der Waals surface area contributed by atoms with Crippen LogP contribution in [0.3, 0.4) is 0 Å². The Bertz CT molecular complexity index is 509. The van der Waals surface area contributed by atoms with Gasteiger partial charge in [-0.1, -0.05) is 0 Å². The molecule has 1 aromatic rings. The third-order valence-corrected chi connectivity index (χ3v) is 4.62. The number of aryl methyl sites for hydroxylation is 1. The summed E-state index contributed by atoms with van der Waals surface area (Å²) in [5.41, 5.74) is 0.587. The van der Waals surface area contributed by atoms with E-state index in [0.717, 1.165) is 37.5 Å². The molecule has 0 bridgehead atoms. The molecule has 2 N–H and O–H groups in total. The van der Waals surface area contributed by atoms with Gasteiger partial charge in [0.2, 0.25) is 5.91 Å². The molecule has 20 heavy (non-hydrogen) atoms. The first-order valence-electron chi connectivity index (χ1n) is 6.67. The summed E-state index contributed by atoms with van der Waals surface area (Å²) >= 11 is 1.06. The van der Waals surface area contributed by atoms with Crippen LogP contribution in [0, 0.1) is 12.8 Å². The summed E-state index contributed by atoms with van der Waals surface area (Å²) in [5.74, 6) is -0.754. The minimum atomic E-state index is -1.04. The van der Waals surface area contributed by atoms with Gasteiger partial charge in [-0.3, -0.25) is 4.79 Å². The number of carbonyl (C=O) groups excluding carboxylic acids is 1. The van der Waals surface area contributed by atoms with Crippen LogP contribution >= 0.6 is 11.5 Å². The zero-order valence-corrected chi connectivity index (χ0v) is 12.5. The summed E-state index contributed by atoms with van der Waals surface area (Å²) in [7, 11) is 1.62. The highest BCUT2D eigenvalue weighted by molar-refractivity contribution is 7.11. The van der Waals surface area contributed by atoms with Gasteiger partial charge < -0.3 is 15.3 Å². The van der Waals surface area contributed by atoms with Crippen LogP contribution in [0.25, 0.3) is 0 Å². The number of carboxylic acids is 1. The molecular formula is C13H19N3O3S. The molecule has 110 valence electrons. The minimum Gasteiger partial charge on any atom is -0.478 e. The maximum Gasteiger partial charge on any atom is 0.340 e. The second-order valence-corrected chi connectivity index (χ2v) is 5.87. The summed E-state index contributed by atoms with van der Waals surface area (Å²) in [4.78, 5) is 25.0. The minimum absolute atomic E-state index is 0.0511. The number of hydrogen-bond acceptors (Lipinski definition) is 5. The van der Waals surface area contributed by atoms with E-state index in [1.165, 1.54) is 4.90 Å². The Hall–Kier alpha value is -1.47. The topological polar surface area (TPSA) is 82.5 Å². The van der Waals surface area contributed by atoms with Crippen LogP contribution in [0.5, 0.6) is 0 Å². The van der Waals surface area contributed by atoms with E-state index >= 15 is 0 Å². The van der Waals surface area contributed by atoms with E-state index in [0.29, 0.717) is 23.0 Å². The SMILES string of the molecule is Cc1nsc(N(C)C(=O)CC2CCCNC2)c1C(=O)O. The number of nitrogens with one attached hydrogen (secondary N) is 1. The van der Waals surface area contributed by atoms with Crippen LogP contribution < -0.4 is 10.2 Å². The Labute approximate surface area is 122 Å². The lowest BCUT2D eigenvalue weighted by molar-refractivity contribution is -0.119. The third-order valence-electron chi connectivity index (χ3n) is 3.60. The smallest absolute Gasteiger partial charge is 0.340 e. The molecule has 0 saturated carbocycles. The highest BCUT2D eigenvalue weighted by Crippen LogP contribution is 2.29. The van der Waals surface area contributed by atoms with Crippen LogP contribution in [-0.2, 0) is 4.79 Å². The molecule has 6 nitrogen and oxygen atoms in total. The van der Waals surface area contributed by atoms with Gasteiger partial charge in [-0.2, -0.15) is 4.37 Å². The molecule has 2 heterocycles. The number of carboxylic acid groups (broad SMARTS) is 1.